The second kappa shape index (κ2) is 9.79. The van der Waals surface area contributed by atoms with E-state index in [1.807, 2.05) is 62.4 Å². The maximum atomic E-state index is 13.3. The summed E-state index contributed by atoms with van der Waals surface area (Å²) in [5.41, 5.74) is 2.43. The predicted molar refractivity (Wildman–Crippen MR) is 130 cm³/mol. The maximum absolute atomic E-state index is 13.3. The molecule has 0 aliphatic carbocycles. The molecule has 1 aliphatic rings. The normalized spacial score (nSPS) is 14.7. The number of aromatic nitrogens is 3. The quantitative estimate of drug-likeness (QED) is 0.319. The molecular weight excluding hydrogens is 436 g/mol. The molecule has 0 saturated heterocycles. The monoisotopic (exact) mass is 465 g/mol. The van der Waals surface area contributed by atoms with Gasteiger partial charge in [0.25, 0.3) is 6.17 Å². The van der Waals surface area contributed by atoms with Crippen LogP contribution in [0.25, 0.3) is 11.3 Å². The van der Waals surface area contributed by atoms with Crippen molar-refractivity contribution in [1.82, 2.24) is 10.1 Å². The third-order valence-corrected chi connectivity index (χ3v) is 6.33. The zero-order chi connectivity index (χ0) is 23.5. The Labute approximate surface area is 197 Å². The molecule has 0 fully saturated rings. The molecule has 4 rings (SSSR count). The number of thioether (sulfide) groups is 1. The Bertz CT molecular complexity index is 1210. The van der Waals surface area contributed by atoms with Gasteiger partial charge in [-0.2, -0.15) is 0 Å². The van der Waals surface area contributed by atoms with Crippen molar-refractivity contribution in [3.8, 4) is 17.0 Å². The minimum atomic E-state index is -0.590. The van der Waals surface area contributed by atoms with E-state index in [1.165, 1.54) is 18.7 Å². The lowest BCUT2D eigenvalue weighted by Crippen LogP contribution is -2.60. The number of hydrogen-bond acceptors (Lipinski definition) is 5. The summed E-state index contributed by atoms with van der Waals surface area (Å²) >= 11 is 1.52. The van der Waals surface area contributed by atoms with Crippen LogP contribution in [0.1, 0.15) is 52.3 Å². The summed E-state index contributed by atoms with van der Waals surface area (Å²) in [5, 5.41) is 5.35. The number of benzene rings is 2. The molecule has 1 atom stereocenters. The molecular formula is C25H29N4O3S+. The minimum absolute atomic E-state index is 0.0594. The van der Waals surface area contributed by atoms with Crippen LogP contribution in [-0.2, 0) is 4.79 Å². The first-order valence-electron chi connectivity index (χ1n) is 11.3. The van der Waals surface area contributed by atoms with Crippen molar-refractivity contribution in [3.63, 3.8) is 0 Å². The van der Waals surface area contributed by atoms with Gasteiger partial charge in [-0.3, -0.25) is 14.6 Å². The fourth-order valence-corrected chi connectivity index (χ4v) is 4.92. The molecule has 1 amide bonds. The van der Waals surface area contributed by atoms with Crippen molar-refractivity contribution in [2.24, 2.45) is 0 Å². The van der Waals surface area contributed by atoms with Crippen molar-refractivity contribution in [3.05, 3.63) is 64.4 Å². The number of H-pyrrole nitrogens is 1. The lowest BCUT2D eigenvalue weighted by molar-refractivity contribution is -0.763. The van der Waals surface area contributed by atoms with Crippen LogP contribution in [0.2, 0.25) is 0 Å². The van der Waals surface area contributed by atoms with Crippen LogP contribution in [0.15, 0.2) is 58.5 Å². The number of carbonyl (C=O) groups excluding carboxylic acids is 1. The van der Waals surface area contributed by atoms with E-state index < -0.39 is 6.17 Å². The van der Waals surface area contributed by atoms with E-state index in [0.717, 1.165) is 29.9 Å². The van der Waals surface area contributed by atoms with Gasteiger partial charge in [0.15, 0.2) is 0 Å². The van der Waals surface area contributed by atoms with Gasteiger partial charge < -0.3 is 4.74 Å². The van der Waals surface area contributed by atoms with E-state index in [4.69, 9.17) is 9.84 Å². The van der Waals surface area contributed by atoms with Gasteiger partial charge in [0.2, 0.25) is 11.1 Å². The molecule has 1 aliphatic heterocycles. The fourth-order valence-electron chi connectivity index (χ4n) is 3.98. The van der Waals surface area contributed by atoms with Gasteiger partial charge in [-0.15, -0.1) is 0 Å². The molecule has 0 unspecified atom stereocenters. The molecule has 2 aromatic carbocycles. The van der Waals surface area contributed by atoms with Gasteiger partial charge in [-0.05, 0) is 61.3 Å². The smallest absolute Gasteiger partial charge is 0.325 e. The Morgan fingerprint density at radius 2 is 1.94 bits per heavy atom. The summed E-state index contributed by atoms with van der Waals surface area (Å²) in [6, 6.07) is 15.1. The number of aromatic amines is 1. The van der Waals surface area contributed by atoms with Crippen LogP contribution in [-0.4, -0.2) is 27.8 Å². The molecule has 7 nitrogen and oxygen atoms in total. The molecule has 0 bridgehead atoms. The van der Waals surface area contributed by atoms with E-state index in [0.29, 0.717) is 22.1 Å². The second-order valence-electron chi connectivity index (χ2n) is 8.27. The Morgan fingerprint density at radius 1 is 1.21 bits per heavy atom. The van der Waals surface area contributed by atoms with Crippen LogP contribution in [0.5, 0.6) is 5.75 Å². The Balaban J connectivity index is 1.89. The number of rotatable bonds is 7. The summed E-state index contributed by atoms with van der Waals surface area (Å²) < 4.78 is 7.48. The number of anilines is 1. The summed E-state index contributed by atoms with van der Waals surface area (Å²) in [6.45, 7) is 7.62. The van der Waals surface area contributed by atoms with Crippen LogP contribution < -0.4 is 19.9 Å². The van der Waals surface area contributed by atoms with E-state index >= 15 is 0 Å². The summed E-state index contributed by atoms with van der Waals surface area (Å²) in [7, 11) is 0. The number of para-hydroxylation sites is 1. The van der Waals surface area contributed by atoms with Crippen molar-refractivity contribution < 1.29 is 14.2 Å². The molecule has 2 heterocycles. The number of fused-ring (bicyclic) bond motifs is 3. The topological polar surface area (TPSA) is 79.2 Å². The highest BCUT2D eigenvalue weighted by Gasteiger charge is 2.44. The maximum Gasteiger partial charge on any atom is 0.325 e. The predicted octanol–water partition coefficient (Wildman–Crippen LogP) is 4.32. The van der Waals surface area contributed by atoms with Crippen molar-refractivity contribution in [2.75, 3.05) is 10.7 Å². The average molecular weight is 466 g/mol. The number of carbonyl (C=O) groups is 1. The number of nitrogens with zero attached hydrogens (tertiary/aromatic N) is 3. The SMILES string of the molecule is CCCCSc1n[n+]2c(c(=O)[nH]1)-c1ccccc1N(C(C)=O)[C@@H]2c1ccc(OC(C)C)cc1. The second-order valence-corrected chi connectivity index (χ2v) is 9.35. The van der Waals surface area contributed by atoms with Gasteiger partial charge >= 0.3 is 11.3 Å². The molecule has 0 spiro atoms. The minimum Gasteiger partial charge on any atom is -0.491 e. The zero-order valence-electron chi connectivity index (χ0n) is 19.4. The highest BCUT2D eigenvalue weighted by Crippen LogP contribution is 2.37. The third-order valence-electron chi connectivity index (χ3n) is 5.38. The molecule has 172 valence electrons. The van der Waals surface area contributed by atoms with Crippen molar-refractivity contribution in [1.29, 1.82) is 0 Å². The Kier molecular flexibility index (Phi) is 6.83. The standard InChI is InChI=1S/C25H28N4O3S/c1-5-6-15-33-25-26-23(31)22-20-9-7-8-10-21(20)28(17(4)30)24(29(22)27-25)18-11-13-19(14-12-18)32-16(2)3/h7-14,16,24H,5-6,15H2,1-4H3/p+1/t24-/m0/s1. The van der Waals surface area contributed by atoms with Gasteiger partial charge in [0, 0.05) is 23.3 Å². The number of amides is 1. The van der Waals surface area contributed by atoms with Gasteiger partial charge in [0.05, 0.1) is 17.4 Å². The summed E-state index contributed by atoms with van der Waals surface area (Å²) in [5.74, 6) is 1.48. The van der Waals surface area contributed by atoms with E-state index in [2.05, 4.69) is 11.9 Å². The number of unbranched alkanes of at least 4 members (excludes halogenated alkanes) is 1. The highest BCUT2D eigenvalue weighted by atomic mass is 32.2. The first kappa shape index (κ1) is 23.0. The first-order chi connectivity index (χ1) is 15.9. The lowest BCUT2D eigenvalue weighted by atomic mass is 10.0. The van der Waals surface area contributed by atoms with E-state index in [1.54, 1.807) is 9.58 Å². The third kappa shape index (κ3) is 4.66. The van der Waals surface area contributed by atoms with E-state index in [9.17, 15) is 9.59 Å². The molecule has 0 saturated carbocycles. The first-order valence-corrected chi connectivity index (χ1v) is 12.2. The highest BCUT2D eigenvalue weighted by molar-refractivity contribution is 7.99. The van der Waals surface area contributed by atoms with Crippen molar-refractivity contribution in [2.45, 2.75) is 58.0 Å². The lowest BCUT2D eigenvalue weighted by Gasteiger charge is -2.31. The molecule has 3 aromatic rings. The summed E-state index contributed by atoms with van der Waals surface area (Å²) in [6.07, 6.45) is 1.56. The Hall–Kier alpha value is -3.13. The molecule has 33 heavy (non-hydrogen) atoms. The Morgan fingerprint density at radius 3 is 2.61 bits per heavy atom. The van der Waals surface area contributed by atoms with Crippen molar-refractivity contribution >= 4 is 23.4 Å². The van der Waals surface area contributed by atoms with E-state index in [-0.39, 0.29) is 17.6 Å². The van der Waals surface area contributed by atoms with Crippen LogP contribution in [0, 0.1) is 0 Å². The number of nitrogens with one attached hydrogen (secondary N) is 1. The summed E-state index contributed by atoms with van der Waals surface area (Å²) in [4.78, 5) is 30.8. The fraction of sp³-hybridized carbons (Fsp3) is 0.360. The largest absolute Gasteiger partial charge is 0.491 e. The average Bonchev–Trinajstić information content (AvgIpc) is 2.78. The van der Waals surface area contributed by atoms with Crippen LogP contribution >= 0.6 is 11.8 Å². The molecule has 1 aromatic heterocycles. The molecule has 1 N–H and O–H groups in total. The van der Waals surface area contributed by atoms with Gasteiger partial charge in [0.1, 0.15) is 5.75 Å². The molecule has 8 heteroatoms. The number of hydrogen-bond donors (Lipinski definition) is 1. The van der Waals surface area contributed by atoms with Gasteiger partial charge in [-0.25, -0.2) is 4.90 Å². The van der Waals surface area contributed by atoms with Crippen LogP contribution in [0.3, 0.4) is 0 Å². The zero-order valence-corrected chi connectivity index (χ0v) is 20.2. The number of ether oxygens (including phenoxy) is 1. The van der Waals surface area contributed by atoms with Gasteiger partial charge in [-0.1, -0.05) is 37.2 Å². The van der Waals surface area contributed by atoms with Crippen LogP contribution in [0.4, 0.5) is 5.69 Å². The molecule has 0 radical (unpaired) electrons.